The number of benzene rings is 4. The average molecular weight is 517 g/mol. The minimum absolute atomic E-state index is 0.432. The van der Waals surface area contributed by atoms with Crippen LogP contribution in [0.3, 0.4) is 0 Å². The monoisotopic (exact) mass is 516 g/mol. The summed E-state index contributed by atoms with van der Waals surface area (Å²) in [5.74, 6) is 0. The van der Waals surface area contributed by atoms with Crippen molar-refractivity contribution < 1.29 is 0 Å². The fourth-order valence-corrected chi connectivity index (χ4v) is 8.73. The van der Waals surface area contributed by atoms with Gasteiger partial charge in [0.2, 0.25) is 0 Å². The van der Waals surface area contributed by atoms with Crippen LogP contribution in [0.2, 0.25) is 0 Å². The normalized spacial score (nSPS) is 11.4. The molecule has 0 unspecified atom stereocenters. The highest BCUT2D eigenvalue weighted by molar-refractivity contribution is 7.73. The summed E-state index contributed by atoms with van der Waals surface area (Å²) in [6.45, 7) is 0.780. The summed E-state index contributed by atoms with van der Waals surface area (Å²) in [6, 6.07) is 49.6. The standard InChI is InChI=1S/C33H30N2P2/c1-5-16-30(17-6-1)36(31-18-7-2-8-19-31)25-24-34-26-28-14-13-15-29(35-28)27-37(32-20-9-3-10-21-32)33-22-11-4-12-23-33/h1-23,26H,24-25,27H2. The number of nitrogens with zero attached hydrogens (tertiary/aromatic N) is 2. The summed E-state index contributed by atoms with van der Waals surface area (Å²) in [6.07, 6.45) is 3.88. The molecule has 0 saturated heterocycles. The second kappa shape index (κ2) is 13.2. The first kappa shape index (κ1) is 25.2. The number of rotatable bonds is 10. The molecule has 2 nitrogen and oxygen atoms in total. The van der Waals surface area contributed by atoms with E-state index in [1.54, 1.807) is 0 Å². The van der Waals surface area contributed by atoms with Gasteiger partial charge < -0.3 is 0 Å². The Morgan fingerprint density at radius 2 is 0.973 bits per heavy atom. The molecule has 5 rings (SSSR count). The number of hydrogen-bond acceptors (Lipinski definition) is 2. The summed E-state index contributed by atoms with van der Waals surface area (Å²) in [5.41, 5.74) is 2.04. The van der Waals surface area contributed by atoms with Gasteiger partial charge in [0, 0.05) is 24.6 Å². The second-order valence-corrected chi connectivity index (χ2v) is 13.2. The summed E-state index contributed by atoms with van der Waals surface area (Å²) in [4.78, 5) is 9.77. The van der Waals surface area contributed by atoms with E-state index in [4.69, 9.17) is 9.98 Å². The smallest absolute Gasteiger partial charge is 0.0811 e. The third kappa shape index (κ3) is 7.07. The third-order valence-electron chi connectivity index (χ3n) is 6.10. The Bertz CT molecular complexity index is 1310. The van der Waals surface area contributed by atoms with Crippen molar-refractivity contribution in [3.63, 3.8) is 0 Å². The molecular weight excluding hydrogens is 486 g/mol. The van der Waals surface area contributed by atoms with E-state index in [0.29, 0.717) is 0 Å². The first-order chi connectivity index (χ1) is 18.4. The van der Waals surface area contributed by atoms with Gasteiger partial charge in [0.25, 0.3) is 0 Å². The predicted molar refractivity (Wildman–Crippen MR) is 163 cm³/mol. The zero-order valence-corrected chi connectivity index (χ0v) is 22.6. The van der Waals surface area contributed by atoms with Crippen LogP contribution in [-0.4, -0.2) is 23.9 Å². The van der Waals surface area contributed by atoms with Gasteiger partial charge in [-0.2, -0.15) is 0 Å². The number of hydrogen-bond donors (Lipinski definition) is 0. The largest absolute Gasteiger partial charge is 0.291 e. The highest BCUT2D eigenvalue weighted by Crippen LogP contribution is 2.37. The number of aliphatic imine (C=N–C) groups is 1. The van der Waals surface area contributed by atoms with E-state index >= 15 is 0 Å². The van der Waals surface area contributed by atoms with Crippen LogP contribution < -0.4 is 21.2 Å². The average Bonchev–Trinajstić information content (AvgIpc) is 2.98. The highest BCUT2D eigenvalue weighted by atomic mass is 31.1. The molecule has 0 amide bonds. The van der Waals surface area contributed by atoms with Crippen LogP contribution in [-0.2, 0) is 6.16 Å². The SMILES string of the molecule is C(=NCCP(c1ccccc1)c1ccccc1)c1cccc(CP(c2ccccc2)c2ccccc2)n1. The maximum atomic E-state index is 4.97. The molecule has 4 heteroatoms. The first-order valence-electron chi connectivity index (χ1n) is 12.6. The van der Waals surface area contributed by atoms with Crippen LogP contribution in [0.4, 0.5) is 0 Å². The quantitative estimate of drug-likeness (QED) is 0.159. The summed E-state index contributed by atoms with van der Waals surface area (Å²) in [5, 5.41) is 5.54. The molecule has 0 fully saturated rings. The Kier molecular flexibility index (Phi) is 9.00. The molecule has 0 saturated carbocycles. The van der Waals surface area contributed by atoms with Crippen LogP contribution >= 0.6 is 15.8 Å². The summed E-state index contributed by atoms with van der Waals surface area (Å²) in [7, 11) is -0.953. The van der Waals surface area contributed by atoms with E-state index in [1.807, 2.05) is 6.21 Å². The molecule has 0 radical (unpaired) electrons. The Balaban J connectivity index is 1.29. The van der Waals surface area contributed by atoms with Crippen molar-refractivity contribution in [2.24, 2.45) is 4.99 Å². The Morgan fingerprint density at radius 1 is 0.514 bits per heavy atom. The fraction of sp³-hybridized carbons (Fsp3) is 0.0909. The molecule has 0 aliphatic rings. The lowest BCUT2D eigenvalue weighted by Gasteiger charge is -2.18. The predicted octanol–water partition coefficient (Wildman–Crippen LogP) is 6.27. The molecule has 4 aromatic carbocycles. The lowest BCUT2D eigenvalue weighted by atomic mass is 10.3. The highest BCUT2D eigenvalue weighted by Gasteiger charge is 2.15. The molecule has 182 valence electrons. The molecule has 0 spiro atoms. The summed E-state index contributed by atoms with van der Waals surface area (Å²) >= 11 is 0. The van der Waals surface area contributed by atoms with Crippen LogP contribution in [0.5, 0.6) is 0 Å². The van der Waals surface area contributed by atoms with Crippen LogP contribution in [0.25, 0.3) is 0 Å². The molecular formula is C33H30N2P2. The molecule has 0 bridgehead atoms. The molecule has 0 atom stereocenters. The van der Waals surface area contributed by atoms with Gasteiger partial charge in [0.1, 0.15) is 0 Å². The van der Waals surface area contributed by atoms with E-state index in [0.717, 1.165) is 30.3 Å². The van der Waals surface area contributed by atoms with Crippen molar-refractivity contribution in [1.82, 2.24) is 4.98 Å². The van der Waals surface area contributed by atoms with Crippen molar-refractivity contribution in [3.8, 4) is 0 Å². The zero-order valence-electron chi connectivity index (χ0n) is 20.8. The van der Waals surface area contributed by atoms with Gasteiger partial charge in [-0.1, -0.05) is 127 Å². The van der Waals surface area contributed by atoms with Gasteiger partial charge in [-0.15, -0.1) is 0 Å². The van der Waals surface area contributed by atoms with E-state index in [1.165, 1.54) is 21.2 Å². The Hall–Kier alpha value is -3.44. The molecule has 5 aromatic rings. The van der Waals surface area contributed by atoms with Crippen LogP contribution in [0, 0.1) is 0 Å². The lowest BCUT2D eigenvalue weighted by Crippen LogP contribution is -2.15. The maximum absolute atomic E-state index is 4.97. The zero-order chi connectivity index (χ0) is 25.1. The van der Waals surface area contributed by atoms with Crippen LogP contribution in [0.1, 0.15) is 11.4 Å². The van der Waals surface area contributed by atoms with Gasteiger partial charge in [0.05, 0.1) is 5.69 Å². The van der Waals surface area contributed by atoms with Gasteiger partial charge in [0.15, 0.2) is 0 Å². The van der Waals surface area contributed by atoms with E-state index < -0.39 is 15.8 Å². The van der Waals surface area contributed by atoms with Crippen LogP contribution in [0.15, 0.2) is 145 Å². The maximum Gasteiger partial charge on any atom is 0.0811 e. The number of aromatic nitrogens is 1. The van der Waals surface area contributed by atoms with Crippen molar-refractivity contribution in [2.45, 2.75) is 6.16 Å². The van der Waals surface area contributed by atoms with Gasteiger partial charge in [-0.3, -0.25) is 9.98 Å². The fourth-order valence-electron chi connectivity index (χ4n) is 4.31. The Morgan fingerprint density at radius 3 is 1.46 bits per heavy atom. The van der Waals surface area contributed by atoms with Crippen molar-refractivity contribution in [3.05, 3.63) is 151 Å². The molecule has 0 N–H and O–H groups in total. The molecule has 1 heterocycles. The molecule has 37 heavy (non-hydrogen) atoms. The number of pyridine rings is 1. The van der Waals surface area contributed by atoms with E-state index in [9.17, 15) is 0 Å². The molecule has 0 aliphatic carbocycles. The molecule has 0 aliphatic heterocycles. The van der Waals surface area contributed by atoms with Crippen molar-refractivity contribution >= 4 is 43.3 Å². The minimum atomic E-state index is -0.520. The van der Waals surface area contributed by atoms with Gasteiger partial charge in [-0.05, 0) is 55.4 Å². The first-order valence-corrected chi connectivity index (χ1v) is 15.6. The third-order valence-corrected chi connectivity index (χ3v) is 11.1. The summed E-state index contributed by atoms with van der Waals surface area (Å²) < 4.78 is 0. The Labute approximate surface area is 222 Å². The second-order valence-electron chi connectivity index (χ2n) is 8.67. The van der Waals surface area contributed by atoms with Crippen molar-refractivity contribution in [2.75, 3.05) is 12.7 Å². The lowest BCUT2D eigenvalue weighted by molar-refractivity contribution is 1.12. The van der Waals surface area contributed by atoms with Gasteiger partial charge in [-0.25, -0.2) is 0 Å². The van der Waals surface area contributed by atoms with Gasteiger partial charge >= 0.3 is 0 Å². The molecule has 1 aromatic heterocycles. The minimum Gasteiger partial charge on any atom is -0.291 e. The van der Waals surface area contributed by atoms with Crippen molar-refractivity contribution in [1.29, 1.82) is 0 Å². The van der Waals surface area contributed by atoms with E-state index in [2.05, 4.69) is 140 Å². The topological polar surface area (TPSA) is 25.2 Å². The van der Waals surface area contributed by atoms with E-state index in [-0.39, 0.29) is 0 Å².